The standard InChI is InChI=1S/C21H24N4O/c1-15(2)17-9-5-6-10-18(17)24-20-12-13-22-21(25-20)23-14-16-8-4-7-11-19(16)26-3/h4-13,15H,14H2,1-3H3,(H2,22,23,24,25). The highest BCUT2D eigenvalue weighted by molar-refractivity contribution is 5.61. The fourth-order valence-corrected chi connectivity index (χ4v) is 2.79. The minimum atomic E-state index is 0.434. The van der Waals surface area contributed by atoms with Gasteiger partial charge in [-0.3, -0.25) is 0 Å². The van der Waals surface area contributed by atoms with Crippen LogP contribution in [0.1, 0.15) is 30.9 Å². The molecule has 0 amide bonds. The monoisotopic (exact) mass is 348 g/mol. The quantitative estimate of drug-likeness (QED) is 0.632. The first-order valence-corrected chi connectivity index (χ1v) is 8.72. The van der Waals surface area contributed by atoms with E-state index in [9.17, 15) is 0 Å². The molecule has 0 fully saturated rings. The van der Waals surface area contributed by atoms with Crippen molar-refractivity contribution in [2.75, 3.05) is 17.7 Å². The average molecular weight is 348 g/mol. The summed E-state index contributed by atoms with van der Waals surface area (Å²) in [6.07, 6.45) is 1.75. The Morgan fingerprint density at radius 3 is 2.58 bits per heavy atom. The Bertz CT molecular complexity index is 864. The molecule has 1 heterocycles. The van der Waals surface area contributed by atoms with E-state index in [4.69, 9.17) is 4.74 Å². The number of ether oxygens (including phenoxy) is 1. The number of benzene rings is 2. The molecule has 5 nitrogen and oxygen atoms in total. The number of hydrogen-bond donors (Lipinski definition) is 2. The molecule has 26 heavy (non-hydrogen) atoms. The van der Waals surface area contributed by atoms with Crippen molar-refractivity contribution in [2.24, 2.45) is 0 Å². The number of nitrogens with zero attached hydrogens (tertiary/aromatic N) is 2. The molecule has 1 aromatic heterocycles. The van der Waals surface area contributed by atoms with Crippen molar-refractivity contribution in [2.45, 2.75) is 26.3 Å². The van der Waals surface area contributed by atoms with E-state index in [0.29, 0.717) is 18.4 Å². The maximum absolute atomic E-state index is 5.38. The van der Waals surface area contributed by atoms with Crippen molar-refractivity contribution in [3.63, 3.8) is 0 Å². The van der Waals surface area contributed by atoms with Gasteiger partial charge in [0.25, 0.3) is 0 Å². The lowest BCUT2D eigenvalue weighted by molar-refractivity contribution is 0.410. The Balaban J connectivity index is 1.73. The molecule has 0 aliphatic heterocycles. The van der Waals surface area contributed by atoms with Gasteiger partial charge in [0.2, 0.25) is 5.95 Å². The summed E-state index contributed by atoms with van der Waals surface area (Å²) >= 11 is 0. The predicted molar refractivity (Wildman–Crippen MR) is 106 cm³/mol. The summed E-state index contributed by atoms with van der Waals surface area (Å²) in [5, 5.41) is 6.66. The predicted octanol–water partition coefficient (Wildman–Crippen LogP) is 4.96. The molecule has 3 rings (SSSR count). The van der Waals surface area contributed by atoms with Crippen LogP contribution in [0, 0.1) is 0 Å². The van der Waals surface area contributed by atoms with Gasteiger partial charge in [0.1, 0.15) is 11.6 Å². The second-order valence-electron chi connectivity index (χ2n) is 6.30. The smallest absolute Gasteiger partial charge is 0.224 e. The van der Waals surface area contributed by atoms with Gasteiger partial charge in [0.05, 0.1) is 7.11 Å². The lowest BCUT2D eigenvalue weighted by Gasteiger charge is -2.14. The summed E-state index contributed by atoms with van der Waals surface area (Å²) < 4.78 is 5.38. The van der Waals surface area contributed by atoms with Crippen LogP contribution in [0.4, 0.5) is 17.5 Å². The molecule has 5 heteroatoms. The van der Waals surface area contributed by atoms with Crippen molar-refractivity contribution in [3.05, 3.63) is 71.9 Å². The van der Waals surface area contributed by atoms with Gasteiger partial charge in [0, 0.05) is 24.0 Å². The summed E-state index contributed by atoms with van der Waals surface area (Å²) in [6, 6.07) is 18.1. The molecule has 0 aliphatic carbocycles. The van der Waals surface area contributed by atoms with E-state index in [1.807, 2.05) is 36.4 Å². The molecule has 134 valence electrons. The fraction of sp³-hybridized carbons (Fsp3) is 0.238. The van der Waals surface area contributed by atoms with E-state index in [1.54, 1.807) is 13.3 Å². The van der Waals surface area contributed by atoms with Gasteiger partial charge >= 0.3 is 0 Å². The van der Waals surface area contributed by atoms with Gasteiger partial charge < -0.3 is 15.4 Å². The Hall–Kier alpha value is -3.08. The van der Waals surface area contributed by atoms with Crippen molar-refractivity contribution >= 4 is 17.5 Å². The van der Waals surface area contributed by atoms with Crippen LogP contribution in [-0.2, 0) is 6.54 Å². The highest BCUT2D eigenvalue weighted by Gasteiger charge is 2.08. The number of aromatic nitrogens is 2. The topological polar surface area (TPSA) is 59.1 Å². The molecule has 0 atom stereocenters. The molecule has 0 saturated carbocycles. The van der Waals surface area contributed by atoms with Gasteiger partial charge in [-0.15, -0.1) is 0 Å². The van der Waals surface area contributed by atoms with Crippen LogP contribution in [0.15, 0.2) is 60.8 Å². The zero-order valence-electron chi connectivity index (χ0n) is 15.4. The van der Waals surface area contributed by atoms with Gasteiger partial charge in [0.15, 0.2) is 0 Å². The largest absolute Gasteiger partial charge is 0.496 e. The van der Waals surface area contributed by atoms with Crippen molar-refractivity contribution < 1.29 is 4.74 Å². The number of para-hydroxylation sites is 2. The van der Waals surface area contributed by atoms with E-state index in [1.165, 1.54) is 5.56 Å². The van der Waals surface area contributed by atoms with E-state index in [0.717, 1.165) is 22.8 Å². The van der Waals surface area contributed by atoms with Crippen LogP contribution in [0.25, 0.3) is 0 Å². The Kier molecular flexibility index (Phi) is 5.69. The van der Waals surface area contributed by atoms with Crippen LogP contribution < -0.4 is 15.4 Å². The van der Waals surface area contributed by atoms with E-state index in [2.05, 4.69) is 52.6 Å². The molecule has 0 radical (unpaired) electrons. The minimum absolute atomic E-state index is 0.434. The zero-order valence-corrected chi connectivity index (χ0v) is 15.4. The second kappa shape index (κ2) is 8.34. The molecule has 0 bridgehead atoms. The summed E-state index contributed by atoms with van der Waals surface area (Å²) in [5.41, 5.74) is 3.38. The average Bonchev–Trinajstić information content (AvgIpc) is 2.67. The number of nitrogens with one attached hydrogen (secondary N) is 2. The summed E-state index contributed by atoms with van der Waals surface area (Å²) in [6.45, 7) is 4.96. The van der Waals surface area contributed by atoms with Crippen LogP contribution in [0.3, 0.4) is 0 Å². The lowest BCUT2D eigenvalue weighted by atomic mass is 10.0. The highest BCUT2D eigenvalue weighted by atomic mass is 16.5. The normalized spacial score (nSPS) is 10.6. The summed E-state index contributed by atoms with van der Waals surface area (Å²) in [7, 11) is 1.67. The second-order valence-corrected chi connectivity index (χ2v) is 6.30. The third-order valence-electron chi connectivity index (χ3n) is 4.13. The molecule has 0 aliphatic rings. The number of rotatable bonds is 7. The SMILES string of the molecule is COc1ccccc1CNc1nccc(Nc2ccccc2C(C)C)n1. The Morgan fingerprint density at radius 2 is 1.77 bits per heavy atom. The number of hydrogen-bond acceptors (Lipinski definition) is 5. The molecule has 0 saturated heterocycles. The number of methoxy groups -OCH3 is 1. The van der Waals surface area contributed by atoms with E-state index < -0.39 is 0 Å². The van der Waals surface area contributed by atoms with Gasteiger partial charge in [-0.05, 0) is 29.7 Å². The van der Waals surface area contributed by atoms with E-state index >= 15 is 0 Å². The first-order chi connectivity index (χ1) is 12.7. The number of anilines is 3. The minimum Gasteiger partial charge on any atom is -0.496 e. The van der Waals surface area contributed by atoms with Gasteiger partial charge in [-0.25, -0.2) is 4.98 Å². The third-order valence-corrected chi connectivity index (χ3v) is 4.13. The van der Waals surface area contributed by atoms with Crippen LogP contribution in [0.5, 0.6) is 5.75 Å². The molecule has 0 unspecified atom stereocenters. The molecule has 2 aromatic carbocycles. The van der Waals surface area contributed by atoms with Gasteiger partial charge in [-0.1, -0.05) is 50.2 Å². The van der Waals surface area contributed by atoms with Crippen LogP contribution in [0.2, 0.25) is 0 Å². The molecular weight excluding hydrogens is 324 g/mol. The van der Waals surface area contributed by atoms with Crippen molar-refractivity contribution in [1.82, 2.24) is 9.97 Å². The Morgan fingerprint density at radius 1 is 1.00 bits per heavy atom. The maximum atomic E-state index is 5.38. The first-order valence-electron chi connectivity index (χ1n) is 8.72. The van der Waals surface area contributed by atoms with Crippen molar-refractivity contribution in [3.8, 4) is 5.75 Å². The molecular formula is C21H24N4O. The van der Waals surface area contributed by atoms with Gasteiger partial charge in [-0.2, -0.15) is 4.98 Å². The van der Waals surface area contributed by atoms with Crippen LogP contribution >= 0.6 is 0 Å². The molecule has 2 N–H and O–H groups in total. The molecule has 3 aromatic rings. The van der Waals surface area contributed by atoms with Crippen molar-refractivity contribution in [1.29, 1.82) is 0 Å². The van der Waals surface area contributed by atoms with Crippen LogP contribution in [-0.4, -0.2) is 17.1 Å². The van der Waals surface area contributed by atoms with E-state index in [-0.39, 0.29) is 0 Å². The molecule has 0 spiro atoms. The maximum Gasteiger partial charge on any atom is 0.224 e. The highest BCUT2D eigenvalue weighted by Crippen LogP contribution is 2.26. The Labute approximate surface area is 154 Å². The first kappa shape index (κ1) is 17.7. The lowest BCUT2D eigenvalue weighted by Crippen LogP contribution is -2.06. The fourth-order valence-electron chi connectivity index (χ4n) is 2.79. The summed E-state index contributed by atoms with van der Waals surface area (Å²) in [4.78, 5) is 8.87. The summed E-state index contributed by atoms with van der Waals surface area (Å²) in [5.74, 6) is 2.61. The zero-order chi connectivity index (χ0) is 18.4. The third kappa shape index (κ3) is 4.30.